The lowest BCUT2D eigenvalue weighted by Crippen LogP contribution is -2.13. The molecule has 0 saturated carbocycles. The van der Waals surface area contributed by atoms with Gasteiger partial charge in [0, 0.05) is 12.0 Å². The van der Waals surface area contributed by atoms with Gasteiger partial charge in [0.05, 0.1) is 16.8 Å². The van der Waals surface area contributed by atoms with Crippen LogP contribution >= 0.6 is 11.8 Å². The Morgan fingerprint density at radius 2 is 1.84 bits per heavy atom. The first-order chi connectivity index (χ1) is 8.79. The zero-order chi connectivity index (χ0) is 14.5. The Labute approximate surface area is 118 Å². The Kier molecular flexibility index (Phi) is 5.87. The summed E-state index contributed by atoms with van der Waals surface area (Å²) in [6.07, 6.45) is 1.08. The fourth-order valence-electron chi connectivity index (χ4n) is 1.38. The molecule has 1 aromatic carbocycles. The van der Waals surface area contributed by atoms with Gasteiger partial charge in [-0.3, -0.25) is 4.79 Å². The number of hydrogen-bond donors (Lipinski definition) is 0. The molecule has 4 nitrogen and oxygen atoms in total. The van der Waals surface area contributed by atoms with Crippen LogP contribution in [0.15, 0.2) is 29.2 Å². The number of ether oxygens (including phenoxy) is 1. The number of thioether (sulfide) groups is 1. The van der Waals surface area contributed by atoms with Crippen LogP contribution in [0.3, 0.4) is 0 Å². The molecule has 0 spiro atoms. The van der Waals surface area contributed by atoms with Crippen LogP contribution in [0.1, 0.15) is 19.4 Å². The molecular formula is C13H18O4S2. The molecule has 0 fully saturated rings. The van der Waals surface area contributed by atoms with E-state index in [1.807, 2.05) is 13.8 Å². The maximum absolute atomic E-state index is 11.3. The van der Waals surface area contributed by atoms with E-state index in [1.165, 1.54) is 18.0 Å². The Balaban J connectivity index is 2.45. The number of carbonyl (C=O) groups excluding carboxylic acids is 1. The molecule has 0 bridgehead atoms. The van der Waals surface area contributed by atoms with Gasteiger partial charge in [0.2, 0.25) is 0 Å². The van der Waals surface area contributed by atoms with Crippen LogP contribution in [0.25, 0.3) is 0 Å². The van der Waals surface area contributed by atoms with E-state index in [2.05, 4.69) is 0 Å². The minimum absolute atomic E-state index is 0.0952. The molecule has 0 saturated heterocycles. The summed E-state index contributed by atoms with van der Waals surface area (Å²) in [5.41, 5.74) is 0.981. The molecule has 6 heteroatoms. The van der Waals surface area contributed by atoms with Crippen molar-refractivity contribution in [1.82, 2.24) is 0 Å². The molecule has 0 aromatic heterocycles. The first-order valence-electron chi connectivity index (χ1n) is 5.85. The Morgan fingerprint density at radius 3 is 2.32 bits per heavy atom. The van der Waals surface area contributed by atoms with Crippen LogP contribution in [0.5, 0.6) is 0 Å². The highest BCUT2D eigenvalue weighted by Crippen LogP contribution is 2.15. The minimum Gasteiger partial charge on any atom is -0.462 e. The summed E-state index contributed by atoms with van der Waals surface area (Å²) in [6, 6.07) is 6.68. The van der Waals surface area contributed by atoms with Crippen LogP contribution in [-0.2, 0) is 25.1 Å². The van der Waals surface area contributed by atoms with Gasteiger partial charge in [-0.05, 0) is 31.5 Å². The fourth-order valence-corrected chi connectivity index (χ4v) is 2.78. The summed E-state index contributed by atoms with van der Waals surface area (Å²) in [5, 5.41) is 0. The van der Waals surface area contributed by atoms with Crippen LogP contribution in [-0.4, -0.2) is 32.5 Å². The quantitative estimate of drug-likeness (QED) is 0.754. The highest BCUT2D eigenvalue weighted by atomic mass is 32.2. The van der Waals surface area contributed by atoms with E-state index in [0.29, 0.717) is 16.4 Å². The van der Waals surface area contributed by atoms with Gasteiger partial charge in [-0.2, -0.15) is 0 Å². The molecule has 19 heavy (non-hydrogen) atoms. The van der Waals surface area contributed by atoms with Gasteiger partial charge in [-0.1, -0.05) is 12.1 Å². The van der Waals surface area contributed by atoms with Gasteiger partial charge in [-0.25, -0.2) is 8.42 Å². The highest BCUT2D eigenvalue weighted by Gasteiger charge is 2.08. The van der Waals surface area contributed by atoms with Gasteiger partial charge in [-0.15, -0.1) is 11.8 Å². The highest BCUT2D eigenvalue weighted by molar-refractivity contribution is 7.99. The Morgan fingerprint density at radius 1 is 1.26 bits per heavy atom. The zero-order valence-corrected chi connectivity index (χ0v) is 12.9. The van der Waals surface area contributed by atoms with E-state index in [9.17, 15) is 13.2 Å². The van der Waals surface area contributed by atoms with Crippen LogP contribution in [0, 0.1) is 0 Å². The van der Waals surface area contributed by atoms with Crippen molar-refractivity contribution in [3.63, 3.8) is 0 Å². The molecule has 0 aliphatic carbocycles. The molecular weight excluding hydrogens is 284 g/mol. The molecule has 0 heterocycles. The Hall–Kier alpha value is -1.01. The number of carbonyl (C=O) groups is 1. The van der Waals surface area contributed by atoms with Crippen LogP contribution < -0.4 is 0 Å². The molecule has 0 unspecified atom stereocenters. The van der Waals surface area contributed by atoms with Crippen molar-refractivity contribution in [2.24, 2.45) is 0 Å². The predicted octanol–water partition coefficient (Wildman–Crippen LogP) is 2.27. The van der Waals surface area contributed by atoms with E-state index in [1.54, 1.807) is 24.3 Å². The first-order valence-corrected chi connectivity index (χ1v) is 8.90. The number of esters is 1. The van der Waals surface area contributed by atoms with Crippen LogP contribution in [0.4, 0.5) is 0 Å². The second-order valence-electron chi connectivity index (χ2n) is 4.45. The topological polar surface area (TPSA) is 60.4 Å². The number of benzene rings is 1. The molecule has 106 valence electrons. The molecule has 1 rings (SSSR count). The van der Waals surface area contributed by atoms with Crippen molar-refractivity contribution in [3.8, 4) is 0 Å². The number of hydrogen-bond acceptors (Lipinski definition) is 5. The van der Waals surface area contributed by atoms with Gasteiger partial charge in [0.15, 0.2) is 9.84 Å². The molecule has 1 aromatic rings. The number of sulfone groups is 1. The van der Waals surface area contributed by atoms with E-state index in [4.69, 9.17) is 4.74 Å². The first kappa shape index (κ1) is 16.0. The second-order valence-corrected chi connectivity index (χ2v) is 7.45. The van der Waals surface area contributed by atoms with Gasteiger partial charge >= 0.3 is 5.97 Å². The summed E-state index contributed by atoms with van der Waals surface area (Å²) in [6.45, 7) is 3.62. The summed E-state index contributed by atoms with van der Waals surface area (Å²) >= 11 is 1.45. The minimum atomic E-state index is -3.15. The lowest BCUT2D eigenvalue weighted by molar-refractivity contribution is -0.144. The smallest absolute Gasteiger partial charge is 0.316 e. The monoisotopic (exact) mass is 302 g/mol. The fraction of sp³-hybridized carbons (Fsp3) is 0.462. The normalized spacial score (nSPS) is 11.6. The third-order valence-electron chi connectivity index (χ3n) is 2.21. The molecule has 0 atom stereocenters. The van der Waals surface area contributed by atoms with Crippen LogP contribution in [0.2, 0.25) is 0 Å². The predicted molar refractivity (Wildman–Crippen MR) is 76.9 cm³/mol. The number of rotatable bonds is 6. The van der Waals surface area contributed by atoms with E-state index in [-0.39, 0.29) is 12.1 Å². The lowest BCUT2D eigenvalue weighted by atomic mass is 10.2. The summed E-state index contributed by atoms with van der Waals surface area (Å²) in [5.74, 6) is 0.719. The van der Waals surface area contributed by atoms with Crippen molar-refractivity contribution in [3.05, 3.63) is 29.8 Å². The summed E-state index contributed by atoms with van der Waals surface area (Å²) < 4.78 is 27.6. The molecule has 0 aliphatic rings. The maximum atomic E-state index is 11.3. The van der Waals surface area contributed by atoms with Gasteiger partial charge in [0.25, 0.3) is 0 Å². The zero-order valence-electron chi connectivity index (χ0n) is 11.3. The standard InChI is InChI=1S/C13H18O4S2/c1-10(2)17-13(14)9-18-8-11-4-6-12(7-5-11)19(3,15)16/h4-7,10H,8-9H2,1-3H3. The molecule has 0 amide bonds. The summed E-state index contributed by atoms with van der Waals surface area (Å²) in [4.78, 5) is 11.6. The maximum Gasteiger partial charge on any atom is 0.316 e. The van der Waals surface area contributed by atoms with E-state index in [0.717, 1.165) is 5.56 Å². The summed E-state index contributed by atoms with van der Waals surface area (Å²) in [7, 11) is -3.15. The van der Waals surface area contributed by atoms with Crippen molar-refractivity contribution in [2.45, 2.75) is 30.6 Å². The van der Waals surface area contributed by atoms with Crippen molar-refractivity contribution in [1.29, 1.82) is 0 Å². The van der Waals surface area contributed by atoms with Crippen molar-refractivity contribution < 1.29 is 17.9 Å². The average Bonchev–Trinajstić information content (AvgIpc) is 2.27. The third-order valence-corrected chi connectivity index (χ3v) is 4.31. The largest absolute Gasteiger partial charge is 0.462 e. The van der Waals surface area contributed by atoms with E-state index >= 15 is 0 Å². The molecule has 0 N–H and O–H groups in total. The third kappa shape index (κ3) is 6.11. The Bertz CT molecular complexity index is 518. The molecule has 0 aliphatic heterocycles. The van der Waals surface area contributed by atoms with E-state index < -0.39 is 9.84 Å². The van der Waals surface area contributed by atoms with Gasteiger partial charge in [0.1, 0.15) is 0 Å². The second kappa shape index (κ2) is 6.96. The van der Waals surface area contributed by atoms with Gasteiger partial charge < -0.3 is 4.74 Å². The average molecular weight is 302 g/mol. The molecule has 0 radical (unpaired) electrons. The van der Waals surface area contributed by atoms with Crippen molar-refractivity contribution >= 4 is 27.6 Å². The van der Waals surface area contributed by atoms with Crippen molar-refractivity contribution in [2.75, 3.05) is 12.0 Å². The lowest BCUT2D eigenvalue weighted by Gasteiger charge is -2.07. The SMILES string of the molecule is CC(C)OC(=O)CSCc1ccc(S(C)(=O)=O)cc1.